The zero-order valence-electron chi connectivity index (χ0n) is 14.0. The van der Waals surface area contributed by atoms with Crippen LogP contribution in [0.4, 0.5) is 0 Å². The van der Waals surface area contributed by atoms with Gasteiger partial charge in [-0.3, -0.25) is 14.9 Å². The van der Waals surface area contributed by atoms with Gasteiger partial charge in [0.25, 0.3) is 5.91 Å². The van der Waals surface area contributed by atoms with Gasteiger partial charge in [0.2, 0.25) is 0 Å². The summed E-state index contributed by atoms with van der Waals surface area (Å²) in [4.78, 5) is 17.6. The Kier molecular flexibility index (Phi) is 4.62. The molecule has 0 unspecified atom stereocenters. The Morgan fingerprint density at radius 2 is 2.04 bits per heavy atom. The van der Waals surface area contributed by atoms with Crippen LogP contribution in [0.15, 0.2) is 16.1 Å². The minimum Gasteiger partial charge on any atom is -0.301 e. The van der Waals surface area contributed by atoms with E-state index in [1.54, 1.807) is 6.20 Å². The van der Waals surface area contributed by atoms with Gasteiger partial charge in [0.15, 0.2) is 5.17 Å². The van der Waals surface area contributed by atoms with Crippen molar-refractivity contribution in [2.75, 3.05) is 0 Å². The van der Waals surface area contributed by atoms with Gasteiger partial charge in [0.1, 0.15) is 0 Å². The predicted octanol–water partition coefficient (Wildman–Crippen LogP) is 3.60. The van der Waals surface area contributed by atoms with Crippen molar-refractivity contribution in [3.8, 4) is 0 Å². The third-order valence-corrected chi connectivity index (χ3v) is 5.15. The molecule has 1 amide bonds. The topological polar surface area (TPSA) is 70.1 Å². The van der Waals surface area contributed by atoms with Crippen LogP contribution in [0.2, 0.25) is 0 Å². The van der Waals surface area contributed by atoms with Crippen LogP contribution in [0.3, 0.4) is 0 Å². The van der Waals surface area contributed by atoms with E-state index in [9.17, 15) is 4.79 Å². The molecule has 124 valence electrons. The summed E-state index contributed by atoms with van der Waals surface area (Å²) in [5, 5.41) is 10.8. The van der Waals surface area contributed by atoms with Gasteiger partial charge >= 0.3 is 0 Å². The van der Waals surface area contributed by atoms with Crippen molar-refractivity contribution in [1.29, 1.82) is 0 Å². The lowest BCUT2D eigenvalue weighted by Crippen LogP contribution is -2.22. The number of aromatic nitrogens is 2. The Balaban J connectivity index is 1.78. The number of hydrogen-bond acceptors (Lipinski definition) is 4. The van der Waals surface area contributed by atoms with E-state index in [0.29, 0.717) is 10.9 Å². The molecule has 0 aromatic carbocycles. The van der Waals surface area contributed by atoms with Crippen molar-refractivity contribution in [3.63, 3.8) is 0 Å². The Morgan fingerprint density at radius 3 is 2.74 bits per heavy atom. The van der Waals surface area contributed by atoms with E-state index < -0.39 is 0 Å². The number of amides is 1. The second-order valence-electron chi connectivity index (χ2n) is 7.24. The van der Waals surface area contributed by atoms with Crippen LogP contribution in [0.5, 0.6) is 0 Å². The molecule has 1 saturated heterocycles. The lowest BCUT2D eigenvalue weighted by molar-refractivity contribution is -0.115. The quantitative estimate of drug-likeness (QED) is 0.813. The molecular weight excluding hydrogens is 308 g/mol. The Labute approximate surface area is 141 Å². The standard InChI is InChI=1S/C17H24N4OS/c1-17(2,3)14-11(10-18-21-14)9-13-15(22)20-16(23-13)19-12-7-5-4-6-8-12/h9-10,12H,4-8H2,1-3H3,(H,18,21)(H,19,20,22)/b13-9-. The lowest BCUT2D eigenvalue weighted by Gasteiger charge is -2.17. The molecule has 2 aliphatic rings. The van der Waals surface area contributed by atoms with Gasteiger partial charge in [-0.1, -0.05) is 40.0 Å². The Bertz CT molecular complexity index is 648. The van der Waals surface area contributed by atoms with Crippen LogP contribution in [0.25, 0.3) is 6.08 Å². The number of nitrogens with zero attached hydrogens (tertiary/aromatic N) is 2. The normalized spacial score (nSPS) is 23.7. The number of rotatable bonds is 2. The van der Waals surface area contributed by atoms with Crippen molar-refractivity contribution in [2.24, 2.45) is 4.99 Å². The zero-order chi connectivity index (χ0) is 16.4. The zero-order valence-corrected chi connectivity index (χ0v) is 14.8. The minimum atomic E-state index is -0.0642. The largest absolute Gasteiger partial charge is 0.301 e. The van der Waals surface area contributed by atoms with Crippen molar-refractivity contribution >= 4 is 28.9 Å². The molecule has 1 aliphatic heterocycles. The van der Waals surface area contributed by atoms with E-state index >= 15 is 0 Å². The summed E-state index contributed by atoms with van der Waals surface area (Å²) in [6.07, 6.45) is 9.75. The molecule has 1 aromatic heterocycles. The van der Waals surface area contributed by atoms with Crippen molar-refractivity contribution < 1.29 is 4.79 Å². The van der Waals surface area contributed by atoms with Gasteiger partial charge in [-0.05, 0) is 30.7 Å². The molecule has 3 rings (SSSR count). The number of aromatic amines is 1. The van der Waals surface area contributed by atoms with E-state index in [1.165, 1.54) is 31.0 Å². The highest BCUT2D eigenvalue weighted by atomic mass is 32.2. The molecule has 1 aromatic rings. The molecule has 0 radical (unpaired) electrons. The molecule has 0 spiro atoms. The Hall–Kier alpha value is -1.56. The van der Waals surface area contributed by atoms with E-state index in [4.69, 9.17) is 4.99 Å². The van der Waals surface area contributed by atoms with Gasteiger partial charge < -0.3 is 5.32 Å². The maximum Gasteiger partial charge on any atom is 0.264 e. The molecule has 1 saturated carbocycles. The Morgan fingerprint density at radius 1 is 1.30 bits per heavy atom. The van der Waals surface area contributed by atoms with Crippen LogP contribution >= 0.6 is 11.8 Å². The van der Waals surface area contributed by atoms with Crippen LogP contribution in [0.1, 0.15) is 64.1 Å². The summed E-state index contributed by atoms with van der Waals surface area (Å²) in [5.41, 5.74) is 1.96. The molecule has 2 fully saturated rings. The summed E-state index contributed by atoms with van der Waals surface area (Å²) in [6.45, 7) is 6.38. The highest BCUT2D eigenvalue weighted by molar-refractivity contribution is 8.18. The van der Waals surface area contributed by atoms with E-state index in [1.807, 2.05) is 6.08 Å². The lowest BCUT2D eigenvalue weighted by atomic mass is 9.89. The summed E-state index contributed by atoms with van der Waals surface area (Å²) in [6, 6.07) is 0.366. The monoisotopic (exact) mass is 332 g/mol. The maximum atomic E-state index is 12.2. The average molecular weight is 332 g/mol. The van der Waals surface area contributed by atoms with Crippen LogP contribution in [-0.4, -0.2) is 27.3 Å². The third kappa shape index (κ3) is 3.86. The molecule has 5 nitrogen and oxygen atoms in total. The smallest absolute Gasteiger partial charge is 0.264 e. The first-order valence-electron chi connectivity index (χ1n) is 8.26. The summed E-state index contributed by atoms with van der Waals surface area (Å²) in [5.74, 6) is -0.0642. The van der Waals surface area contributed by atoms with Gasteiger partial charge in [-0.25, -0.2) is 0 Å². The summed E-state index contributed by atoms with van der Waals surface area (Å²) in [7, 11) is 0. The first kappa shape index (κ1) is 16.3. The maximum absolute atomic E-state index is 12.2. The molecular formula is C17H24N4OS. The minimum absolute atomic E-state index is 0.0400. The van der Waals surface area contributed by atoms with Gasteiger partial charge in [0, 0.05) is 16.7 Å². The second kappa shape index (κ2) is 6.51. The molecule has 1 aliphatic carbocycles. The molecule has 0 bridgehead atoms. The summed E-state index contributed by atoms with van der Waals surface area (Å²) < 4.78 is 0. The second-order valence-corrected chi connectivity index (χ2v) is 8.27. The SMILES string of the molecule is CC(C)(C)c1[nH]ncc1/C=C1\SC(=NC2CCCCC2)NC1=O. The van der Waals surface area contributed by atoms with E-state index in [-0.39, 0.29) is 11.3 Å². The van der Waals surface area contributed by atoms with Gasteiger partial charge in [0.05, 0.1) is 17.1 Å². The number of thioether (sulfide) groups is 1. The van der Waals surface area contributed by atoms with Crippen molar-refractivity contribution in [2.45, 2.75) is 64.3 Å². The van der Waals surface area contributed by atoms with Crippen LogP contribution in [-0.2, 0) is 10.2 Å². The number of H-pyrrole nitrogens is 1. The fourth-order valence-electron chi connectivity index (χ4n) is 3.01. The third-order valence-electron chi connectivity index (χ3n) is 4.23. The predicted molar refractivity (Wildman–Crippen MR) is 95.3 cm³/mol. The van der Waals surface area contributed by atoms with Gasteiger partial charge in [-0.2, -0.15) is 5.10 Å². The number of carbonyl (C=O) groups is 1. The first-order chi connectivity index (χ1) is 10.9. The molecule has 0 atom stereocenters. The van der Waals surface area contributed by atoms with E-state index in [0.717, 1.165) is 29.3 Å². The molecule has 23 heavy (non-hydrogen) atoms. The molecule has 2 N–H and O–H groups in total. The van der Waals surface area contributed by atoms with Gasteiger partial charge in [-0.15, -0.1) is 0 Å². The molecule has 2 heterocycles. The number of aliphatic imine (C=N–C) groups is 1. The van der Waals surface area contributed by atoms with E-state index in [2.05, 4.69) is 36.3 Å². The van der Waals surface area contributed by atoms with Crippen molar-refractivity contribution in [3.05, 3.63) is 22.4 Å². The molecule has 6 heteroatoms. The average Bonchev–Trinajstić information content (AvgIpc) is 3.08. The fraction of sp³-hybridized carbons (Fsp3) is 0.588. The highest BCUT2D eigenvalue weighted by Gasteiger charge is 2.27. The number of amidine groups is 1. The van der Waals surface area contributed by atoms with Crippen molar-refractivity contribution in [1.82, 2.24) is 15.5 Å². The summed E-state index contributed by atoms with van der Waals surface area (Å²) >= 11 is 1.44. The van der Waals surface area contributed by atoms with Crippen LogP contribution < -0.4 is 5.32 Å². The highest BCUT2D eigenvalue weighted by Crippen LogP contribution is 2.31. The number of carbonyl (C=O) groups excluding carboxylic acids is 1. The fourth-order valence-corrected chi connectivity index (χ4v) is 3.89. The number of nitrogens with one attached hydrogen (secondary N) is 2. The number of hydrogen-bond donors (Lipinski definition) is 2. The first-order valence-corrected chi connectivity index (χ1v) is 9.08. The van der Waals surface area contributed by atoms with Crippen LogP contribution in [0, 0.1) is 0 Å².